The van der Waals surface area contributed by atoms with Crippen LogP contribution in [-0.4, -0.2) is 26.1 Å². The van der Waals surface area contributed by atoms with Crippen LogP contribution in [0.4, 0.5) is 5.69 Å². The molecule has 0 bridgehead atoms. The summed E-state index contributed by atoms with van der Waals surface area (Å²) in [4.78, 5) is 23.9. The summed E-state index contributed by atoms with van der Waals surface area (Å²) >= 11 is 0. The van der Waals surface area contributed by atoms with Crippen molar-refractivity contribution < 1.29 is 19.1 Å². The Morgan fingerprint density at radius 1 is 1.00 bits per heavy atom. The molecule has 2 rings (SSSR count). The molecule has 0 aliphatic rings. The van der Waals surface area contributed by atoms with Crippen LogP contribution in [0.1, 0.15) is 31.8 Å². The molecule has 0 radical (unpaired) electrons. The van der Waals surface area contributed by atoms with E-state index in [4.69, 9.17) is 9.47 Å². The molecule has 0 unspecified atom stereocenters. The lowest BCUT2D eigenvalue weighted by molar-refractivity contribution is 0.0600. The van der Waals surface area contributed by atoms with Gasteiger partial charge in [0.15, 0.2) is 0 Å². The number of ether oxygens (including phenoxy) is 2. The molecular weight excluding hydrogens is 294 g/mol. The van der Waals surface area contributed by atoms with Crippen molar-refractivity contribution in [3.8, 4) is 0 Å². The van der Waals surface area contributed by atoms with Crippen molar-refractivity contribution in [3.05, 3.63) is 64.7 Å². The summed E-state index contributed by atoms with van der Waals surface area (Å²) in [6.07, 6.45) is 0. The summed E-state index contributed by atoms with van der Waals surface area (Å²) < 4.78 is 9.73. The van der Waals surface area contributed by atoms with Gasteiger partial charge in [-0.2, -0.15) is 0 Å². The summed E-state index contributed by atoms with van der Waals surface area (Å²) in [5, 5.41) is 2.82. The van der Waals surface area contributed by atoms with E-state index in [0.29, 0.717) is 23.4 Å². The van der Waals surface area contributed by atoms with Crippen molar-refractivity contribution in [2.45, 2.75) is 13.5 Å². The monoisotopic (exact) mass is 313 g/mol. The lowest BCUT2D eigenvalue weighted by atomic mass is 10.1. The molecule has 0 spiro atoms. The van der Waals surface area contributed by atoms with Gasteiger partial charge in [-0.15, -0.1) is 0 Å². The number of carbonyl (C=O) groups is 2. The topological polar surface area (TPSA) is 64.6 Å². The summed E-state index contributed by atoms with van der Waals surface area (Å²) in [7, 11) is 2.94. The number of rotatable bonds is 5. The third kappa shape index (κ3) is 4.17. The maximum absolute atomic E-state index is 12.3. The number of amides is 1. The molecule has 5 nitrogen and oxygen atoms in total. The van der Waals surface area contributed by atoms with Crippen molar-refractivity contribution in [1.29, 1.82) is 0 Å². The highest BCUT2D eigenvalue weighted by Gasteiger charge is 2.11. The molecule has 2 aromatic rings. The van der Waals surface area contributed by atoms with Gasteiger partial charge < -0.3 is 14.8 Å². The third-order valence-corrected chi connectivity index (χ3v) is 3.43. The van der Waals surface area contributed by atoms with Gasteiger partial charge in [0, 0.05) is 18.4 Å². The van der Waals surface area contributed by atoms with Crippen molar-refractivity contribution >= 4 is 17.6 Å². The molecule has 0 aromatic heterocycles. The average Bonchev–Trinajstić information content (AvgIpc) is 2.57. The van der Waals surface area contributed by atoms with Crippen molar-refractivity contribution in [1.82, 2.24) is 0 Å². The molecule has 120 valence electrons. The zero-order valence-corrected chi connectivity index (χ0v) is 13.4. The van der Waals surface area contributed by atoms with Gasteiger partial charge in [0.1, 0.15) is 0 Å². The minimum absolute atomic E-state index is 0.237. The molecule has 0 saturated carbocycles. The second kappa shape index (κ2) is 7.56. The summed E-state index contributed by atoms with van der Waals surface area (Å²) in [6.45, 7) is 2.36. The molecule has 0 atom stereocenters. The normalized spacial score (nSPS) is 10.2. The summed E-state index contributed by atoms with van der Waals surface area (Å²) in [6, 6.07) is 12.2. The first-order chi connectivity index (χ1) is 11.0. The van der Waals surface area contributed by atoms with E-state index in [-0.39, 0.29) is 5.91 Å². The minimum Gasteiger partial charge on any atom is -0.465 e. The lowest BCUT2D eigenvalue weighted by Crippen LogP contribution is -2.13. The van der Waals surface area contributed by atoms with Gasteiger partial charge in [-0.05, 0) is 42.3 Å². The molecule has 2 aromatic carbocycles. The first-order valence-corrected chi connectivity index (χ1v) is 7.13. The average molecular weight is 313 g/mol. The molecular formula is C18H19NO4. The van der Waals surface area contributed by atoms with Gasteiger partial charge >= 0.3 is 5.97 Å². The number of aryl methyl sites for hydroxylation is 1. The standard InChI is InChI=1S/C18H19NO4/c1-12-4-7-15(18(21)23-3)10-16(12)19-17(20)14-8-5-13(6-9-14)11-22-2/h4-10H,11H2,1-3H3,(H,19,20). The van der Waals surface area contributed by atoms with Crippen LogP contribution in [0.25, 0.3) is 0 Å². The fourth-order valence-corrected chi connectivity index (χ4v) is 2.11. The van der Waals surface area contributed by atoms with Crippen LogP contribution in [-0.2, 0) is 16.1 Å². The molecule has 0 saturated heterocycles. The Morgan fingerprint density at radius 2 is 1.65 bits per heavy atom. The molecule has 0 aliphatic heterocycles. The van der Waals surface area contributed by atoms with Crippen LogP contribution in [0.3, 0.4) is 0 Å². The summed E-state index contributed by atoms with van der Waals surface area (Å²) in [5.74, 6) is -0.677. The van der Waals surface area contributed by atoms with Gasteiger partial charge in [-0.25, -0.2) is 4.79 Å². The van der Waals surface area contributed by atoms with Crippen LogP contribution in [0.2, 0.25) is 0 Å². The van der Waals surface area contributed by atoms with E-state index in [2.05, 4.69) is 5.32 Å². The summed E-state index contributed by atoms with van der Waals surface area (Å²) in [5.41, 5.74) is 3.37. The number of benzene rings is 2. The van der Waals surface area contributed by atoms with Crippen molar-refractivity contribution in [2.24, 2.45) is 0 Å². The number of carbonyl (C=O) groups excluding carboxylic acids is 2. The fourth-order valence-electron chi connectivity index (χ4n) is 2.11. The van der Waals surface area contributed by atoms with E-state index >= 15 is 0 Å². The Morgan fingerprint density at radius 3 is 2.26 bits per heavy atom. The van der Waals surface area contributed by atoms with Gasteiger partial charge in [0.2, 0.25) is 0 Å². The van der Waals surface area contributed by atoms with Gasteiger partial charge in [0.25, 0.3) is 5.91 Å². The second-order valence-electron chi connectivity index (χ2n) is 5.11. The smallest absolute Gasteiger partial charge is 0.337 e. The molecule has 1 amide bonds. The maximum Gasteiger partial charge on any atom is 0.337 e. The molecule has 0 aliphatic carbocycles. The Hall–Kier alpha value is -2.66. The Labute approximate surface area is 135 Å². The zero-order chi connectivity index (χ0) is 16.8. The SMILES string of the molecule is COCc1ccc(C(=O)Nc2cc(C(=O)OC)ccc2C)cc1. The highest BCUT2D eigenvalue weighted by Crippen LogP contribution is 2.19. The Balaban J connectivity index is 2.17. The first-order valence-electron chi connectivity index (χ1n) is 7.13. The second-order valence-corrected chi connectivity index (χ2v) is 5.11. The van der Waals surface area contributed by atoms with Crippen molar-refractivity contribution in [2.75, 3.05) is 19.5 Å². The van der Waals surface area contributed by atoms with E-state index < -0.39 is 5.97 Å². The first kappa shape index (κ1) is 16.7. The van der Waals surface area contributed by atoms with Crippen LogP contribution in [0.5, 0.6) is 0 Å². The number of methoxy groups -OCH3 is 2. The van der Waals surface area contributed by atoms with Crippen LogP contribution in [0.15, 0.2) is 42.5 Å². The van der Waals surface area contributed by atoms with Crippen LogP contribution >= 0.6 is 0 Å². The van der Waals surface area contributed by atoms with Crippen LogP contribution in [0, 0.1) is 6.92 Å². The van der Waals surface area contributed by atoms with Gasteiger partial charge in [-0.3, -0.25) is 4.79 Å². The number of esters is 1. The quantitative estimate of drug-likeness (QED) is 0.861. The minimum atomic E-state index is -0.440. The highest BCUT2D eigenvalue weighted by atomic mass is 16.5. The fraction of sp³-hybridized carbons (Fsp3) is 0.222. The lowest BCUT2D eigenvalue weighted by Gasteiger charge is -2.10. The third-order valence-electron chi connectivity index (χ3n) is 3.43. The van der Waals surface area contributed by atoms with E-state index in [1.165, 1.54) is 7.11 Å². The predicted octanol–water partition coefficient (Wildman–Crippen LogP) is 3.18. The molecule has 5 heteroatoms. The zero-order valence-electron chi connectivity index (χ0n) is 13.4. The van der Waals surface area contributed by atoms with Crippen molar-refractivity contribution in [3.63, 3.8) is 0 Å². The van der Waals surface area contributed by atoms with E-state index in [9.17, 15) is 9.59 Å². The number of nitrogens with one attached hydrogen (secondary N) is 1. The largest absolute Gasteiger partial charge is 0.465 e. The number of hydrogen-bond donors (Lipinski definition) is 1. The highest BCUT2D eigenvalue weighted by molar-refractivity contribution is 6.05. The number of anilines is 1. The Kier molecular flexibility index (Phi) is 5.49. The molecule has 0 heterocycles. The van der Waals surface area contributed by atoms with E-state index in [1.807, 2.05) is 19.1 Å². The predicted molar refractivity (Wildman–Crippen MR) is 87.6 cm³/mol. The molecule has 1 N–H and O–H groups in total. The van der Waals surface area contributed by atoms with E-state index in [1.54, 1.807) is 37.4 Å². The van der Waals surface area contributed by atoms with Gasteiger partial charge in [0.05, 0.1) is 19.3 Å². The molecule has 0 fully saturated rings. The molecule has 23 heavy (non-hydrogen) atoms. The Bertz CT molecular complexity index is 707. The van der Waals surface area contributed by atoms with Crippen LogP contribution < -0.4 is 5.32 Å². The maximum atomic E-state index is 12.3. The number of hydrogen-bond acceptors (Lipinski definition) is 4. The van der Waals surface area contributed by atoms with Gasteiger partial charge in [-0.1, -0.05) is 18.2 Å². The van der Waals surface area contributed by atoms with E-state index in [0.717, 1.165) is 11.1 Å².